The van der Waals surface area contributed by atoms with Gasteiger partial charge in [0.15, 0.2) is 0 Å². The number of benzene rings is 2. The highest BCUT2D eigenvalue weighted by atomic mass is 79.9. The van der Waals surface area contributed by atoms with Crippen LogP contribution in [0.5, 0.6) is 5.75 Å². The maximum atomic E-state index is 13.2. The van der Waals surface area contributed by atoms with Crippen LogP contribution in [0.3, 0.4) is 0 Å². The molecule has 0 saturated heterocycles. The van der Waals surface area contributed by atoms with Crippen molar-refractivity contribution in [3.8, 4) is 5.75 Å². The first-order chi connectivity index (χ1) is 9.04. The summed E-state index contributed by atoms with van der Waals surface area (Å²) in [6, 6.07) is 12.8. The van der Waals surface area contributed by atoms with Gasteiger partial charge >= 0.3 is 0 Å². The Bertz CT molecular complexity index is 546. The van der Waals surface area contributed by atoms with E-state index < -0.39 is 0 Å². The zero-order chi connectivity index (χ0) is 13.8. The lowest BCUT2D eigenvalue weighted by molar-refractivity contribution is 0.305. The SMILES string of the molecule is CC(C)c1cccc(OCc2cc(F)cc(Br)c2)c1. The van der Waals surface area contributed by atoms with Crippen LogP contribution in [-0.4, -0.2) is 0 Å². The highest BCUT2D eigenvalue weighted by Gasteiger charge is 2.03. The van der Waals surface area contributed by atoms with Crippen LogP contribution >= 0.6 is 15.9 Å². The van der Waals surface area contributed by atoms with E-state index in [4.69, 9.17) is 4.74 Å². The molecule has 2 aromatic rings. The second-order valence-electron chi connectivity index (χ2n) is 4.79. The van der Waals surface area contributed by atoms with Crippen LogP contribution in [-0.2, 0) is 6.61 Å². The molecule has 0 N–H and O–H groups in total. The molecule has 0 aliphatic rings. The Morgan fingerprint density at radius 2 is 1.95 bits per heavy atom. The van der Waals surface area contributed by atoms with E-state index in [1.807, 2.05) is 24.3 Å². The summed E-state index contributed by atoms with van der Waals surface area (Å²) in [6.45, 7) is 4.64. The van der Waals surface area contributed by atoms with E-state index in [0.717, 1.165) is 15.8 Å². The second kappa shape index (κ2) is 6.20. The predicted molar refractivity (Wildman–Crippen MR) is 79.0 cm³/mol. The lowest BCUT2D eigenvalue weighted by Crippen LogP contribution is -1.97. The van der Waals surface area contributed by atoms with Crippen LogP contribution < -0.4 is 4.74 Å². The smallest absolute Gasteiger partial charge is 0.124 e. The summed E-state index contributed by atoms with van der Waals surface area (Å²) in [4.78, 5) is 0. The van der Waals surface area contributed by atoms with Crippen molar-refractivity contribution in [3.63, 3.8) is 0 Å². The third-order valence-electron chi connectivity index (χ3n) is 2.85. The van der Waals surface area contributed by atoms with Gasteiger partial charge < -0.3 is 4.74 Å². The molecule has 19 heavy (non-hydrogen) atoms. The van der Waals surface area contributed by atoms with Crippen molar-refractivity contribution < 1.29 is 9.13 Å². The molecule has 0 saturated carbocycles. The quantitative estimate of drug-likeness (QED) is 0.743. The van der Waals surface area contributed by atoms with Gasteiger partial charge in [0.05, 0.1) is 0 Å². The minimum Gasteiger partial charge on any atom is -0.489 e. The third kappa shape index (κ3) is 4.06. The Balaban J connectivity index is 2.07. The lowest BCUT2D eigenvalue weighted by atomic mass is 10.0. The Hall–Kier alpha value is -1.35. The molecule has 0 heterocycles. The molecule has 3 heteroatoms. The average Bonchev–Trinajstić information content (AvgIpc) is 2.35. The summed E-state index contributed by atoms with van der Waals surface area (Å²) in [5.41, 5.74) is 2.04. The Morgan fingerprint density at radius 1 is 1.16 bits per heavy atom. The number of ether oxygens (including phenoxy) is 1. The van der Waals surface area contributed by atoms with Gasteiger partial charge in [0.2, 0.25) is 0 Å². The highest BCUT2D eigenvalue weighted by Crippen LogP contribution is 2.22. The van der Waals surface area contributed by atoms with E-state index in [2.05, 4.69) is 35.8 Å². The minimum atomic E-state index is -0.260. The Kier molecular flexibility index (Phi) is 4.59. The molecule has 2 rings (SSSR count). The molecule has 0 fully saturated rings. The van der Waals surface area contributed by atoms with Gasteiger partial charge in [0.1, 0.15) is 18.2 Å². The van der Waals surface area contributed by atoms with E-state index in [1.54, 1.807) is 0 Å². The van der Waals surface area contributed by atoms with Crippen molar-refractivity contribution in [2.45, 2.75) is 26.4 Å². The molecule has 0 atom stereocenters. The first-order valence-electron chi connectivity index (χ1n) is 6.22. The second-order valence-corrected chi connectivity index (χ2v) is 5.71. The van der Waals surface area contributed by atoms with E-state index in [0.29, 0.717) is 12.5 Å². The van der Waals surface area contributed by atoms with Crippen molar-refractivity contribution >= 4 is 15.9 Å². The van der Waals surface area contributed by atoms with Crippen LogP contribution in [0.25, 0.3) is 0 Å². The van der Waals surface area contributed by atoms with Crippen LogP contribution in [0, 0.1) is 5.82 Å². The fraction of sp³-hybridized carbons (Fsp3) is 0.250. The van der Waals surface area contributed by atoms with Gasteiger partial charge in [-0.2, -0.15) is 0 Å². The first kappa shape index (κ1) is 14.1. The van der Waals surface area contributed by atoms with Crippen LogP contribution in [0.1, 0.15) is 30.9 Å². The van der Waals surface area contributed by atoms with Crippen molar-refractivity contribution in [2.75, 3.05) is 0 Å². The molecule has 0 aliphatic heterocycles. The first-order valence-corrected chi connectivity index (χ1v) is 7.01. The topological polar surface area (TPSA) is 9.23 Å². The van der Waals surface area contributed by atoms with Gasteiger partial charge in [0.25, 0.3) is 0 Å². The van der Waals surface area contributed by atoms with Gasteiger partial charge in [-0.3, -0.25) is 0 Å². The van der Waals surface area contributed by atoms with E-state index in [1.165, 1.54) is 17.7 Å². The Labute approximate surface area is 121 Å². The summed E-state index contributed by atoms with van der Waals surface area (Å²) < 4.78 is 19.7. The summed E-state index contributed by atoms with van der Waals surface area (Å²) in [6.07, 6.45) is 0. The molecule has 0 aromatic heterocycles. The summed E-state index contributed by atoms with van der Waals surface area (Å²) in [5, 5.41) is 0. The van der Waals surface area contributed by atoms with Gasteiger partial charge in [-0.25, -0.2) is 4.39 Å². The zero-order valence-electron chi connectivity index (χ0n) is 11.0. The normalized spacial score (nSPS) is 10.8. The number of hydrogen-bond acceptors (Lipinski definition) is 1. The maximum Gasteiger partial charge on any atom is 0.124 e. The molecule has 2 aromatic carbocycles. The highest BCUT2D eigenvalue weighted by molar-refractivity contribution is 9.10. The van der Waals surface area contributed by atoms with E-state index in [9.17, 15) is 4.39 Å². The predicted octanol–water partition coefficient (Wildman–Crippen LogP) is 5.29. The molecular weight excluding hydrogens is 307 g/mol. The molecular formula is C16H16BrFO. The molecule has 0 radical (unpaired) electrons. The fourth-order valence-corrected chi connectivity index (χ4v) is 2.34. The number of hydrogen-bond donors (Lipinski definition) is 0. The number of rotatable bonds is 4. The van der Waals surface area contributed by atoms with Crippen molar-refractivity contribution in [2.24, 2.45) is 0 Å². The molecule has 0 unspecified atom stereocenters. The minimum absolute atomic E-state index is 0.260. The van der Waals surface area contributed by atoms with Gasteiger partial charge in [-0.1, -0.05) is 41.9 Å². The standard InChI is InChI=1S/C16H16BrFO/c1-11(2)13-4-3-5-16(8-13)19-10-12-6-14(17)9-15(18)7-12/h3-9,11H,10H2,1-2H3. The van der Waals surface area contributed by atoms with E-state index in [-0.39, 0.29) is 5.82 Å². The van der Waals surface area contributed by atoms with Crippen molar-refractivity contribution in [1.82, 2.24) is 0 Å². The Morgan fingerprint density at radius 3 is 2.63 bits per heavy atom. The zero-order valence-corrected chi connectivity index (χ0v) is 12.6. The third-order valence-corrected chi connectivity index (χ3v) is 3.31. The van der Waals surface area contributed by atoms with Crippen molar-refractivity contribution in [3.05, 3.63) is 63.9 Å². The molecule has 100 valence electrons. The molecule has 0 aliphatic carbocycles. The van der Waals surface area contributed by atoms with Crippen molar-refractivity contribution in [1.29, 1.82) is 0 Å². The van der Waals surface area contributed by atoms with Crippen LogP contribution in [0.4, 0.5) is 4.39 Å². The summed E-state index contributed by atoms with van der Waals surface area (Å²) in [7, 11) is 0. The van der Waals surface area contributed by atoms with E-state index >= 15 is 0 Å². The summed E-state index contributed by atoms with van der Waals surface area (Å²) in [5.74, 6) is 1.02. The lowest BCUT2D eigenvalue weighted by Gasteiger charge is -2.10. The molecule has 0 spiro atoms. The average molecular weight is 323 g/mol. The number of halogens is 2. The van der Waals surface area contributed by atoms with Gasteiger partial charge in [0, 0.05) is 4.47 Å². The monoisotopic (exact) mass is 322 g/mol. The summed E-state index contributed by atoms with van der Waals surface area (Å²) >= 11 is 3.27. The molecule has 1 nitrogen and oxygen atoms in total. The van der Waals surface area contributed by atoms with Crippen LogP contribution in [0.15, 0.2) is 46.9 Å². The van der Waals surface area contributed by atoms with Gasteiger partial charge in [-0.05, 0) is 47.4 Å². The molecule has 0 bridgehead atoms. The maximum absolute atomic E-state index is 13.2. The fourth-order valence-electron chi connectivity index (χ4n) is 1.82. The van der Waals surface area contributed by atoms with Crippen LogP contribution in [0.2, 0.25) is 0 Å². The van der Waals surface area contributed by atoms with Gasteiger partial charge in [-0.15, -0.1) is 0 Å². The molecule has 0 amide bonds. The largest absolute Gasteiger partial charge is 0.489 e.